The normalized spacial score (nSPS) is 24.2. The van der Waals surface area contributed by atoms with Gasteiger partial charge in [0.25, 0.3) is 0 Å². The Labute approximate surface area is 182 Å². The zero-order chi connectivity index (χ0) is 20.8. The third-order valence-corrected chi connectivity index (χ3v) is 6.96. The van der Waals surface area contributed by atoms with Gasteiger partial charge in [0.2, 0.25) is 5.91 Å². The smallest absolute Gasteiger partial charge is 0.415 e. The Morgan fingerprint density at radius 3 is 2.87 bits per heavy atom. The van der Waals surface area contributed by atoms with Gasteiger partial charge in [0.05, 0.1) is 10.0 Å². The van der Waals surface area contributed by atoms with Crippen molar-refractivity contribution >= 4 is 51.3 Å². The second kappa shape index (κ2) is 7.73. The van der Waals surface area contributed by atoms with Crippen molar-refractivity contribution in [1.82, 2.24) is 0 Å². The van der Waals surface area contributed by atoms with Crippen LogP contribution in [0, 0.1) is 5.21 Å². The van der Waals surface area contributed by atoms with Gasteiger partial charge < -0.3 is 24.6 Å². The minimum Gasteiger partial charge on any atom is -0.628 e. The predicted molar refractivity (Wildman–Crippen MR) is 113 cm³/mol. The van der Waals surface area contributed by atoms with Gasteiger partial charge in [0.1, 0.15) is 24.9 Å². The van der Waals surface area contributed by atoms with E-state index in [2.05, 4.69) is 0 Å². The van der Waals surface area contributed by atoms with Crippen LogP contribution in [-0.2, 0) is 9.53 Å². The summed E-state index contributed by atoms with van der Waals surface area (Å²) in [6.45, 7) is 0.977. The maximum absolute atomic E-state index is 12.6. The van der Waals surface area contributed by atoms with E-state index in [0.29, 0.717) is 33.7 Å². The molecule has 1 aromatic heterocycles. The van der Waals surface area contributed by atoms with Gasteiger partial charge >= 0.3 is 6.09 Å². The third-order valence-electron chi connectivity index (χ3n) is 5.69. The number of anilines is 2. The van der Waals surface area contributed by atoms with E-state index in [1.807, 2.05) is 6.07 Å². The number of hydrogen-bond acceptors (Lipinski definition) is 6. The summed E-state index contributed by atoms with van der Waals surface area (Å²) in [6.07, 6.45) is 1.34. The van der Waals surface area contributed by atoms with Crippen LogP contribution in [0.15, 0.2) is 30.3 Å². The molecule has 1 aromatic carbocycles. The molecular weight excluding hydrogens is 430 g/mol. The molecule has 2 amide bonds. The molecule has 0 aliphatic carbocycles. The highest BCUT2D eigenvalue weighted by atomic mass is 35.5. The number of fused-ring (bicyclic) bond motifs is 3. The molecule has 3 aliphatic heterocycles. The lowest BCUT2D eigenvalue weighted by Gasteiger charge is -2.33. The highest BCUT2D eigenvalue weighted by Crippen LogP contribution is 2.41. The van der Waals surface area contributed by atoms with E-state index < -0.39 is 12.2 Å². The van der Waals surface area contributed by atoms with E-state index in [1.54, 1.807) is 34.1 Å². The van der Waals surface area contributed by atoms with Gasteiger partial charge in [0, 0.05) is 30.8 Å². The number of rotatable bonds is 4. The van der Waals surface area contributed by atoms with Crippen LogP contribution in [0.2, 0.25) is 4.34 Å². The summed E-state index contributed by atoms with van der Waals surface area (Å²) >= 11 is 7.13. The first-order chi connectivity index (χ1) is 14.5. The van der Waals surface area contributed by atoms with Crippen LogP contribution >= 0.6 is 22.9 Å². The average molecular weight is 450 g/mol. The Balaban J connectivity index is 1.36. The molecule has 0 saturated carbocycles. The lowest BCUT2D eigenvalue weighted by Crippen LogP contribution is -3.03. The summed E-state index contributed by atoms with van der Waals surface area (Å²) in [7, 11) is 0. The minimum absolute atomic E-state index is 0.0722. The number of amides is 2. The molecule has 8 nitrogen and oxygen atoms in total. The molecule has 3 atom stereocenters. The molecule has 2 fully saturated rings. The van der Waals surface area contributed by atoms with Crippen molar-refractivity contribution in [2.75, 3.05) is 29.5 Å². The first-order valence-corrected chi connectivity index (χ1v) is 11.1. The number of hydrogen-bond donors (Lipinski definition) is 1. The molecule has 1 unspecified atom stereocenters. The van der Waals surface area contributed by atoms with Crippen molar-refractivity contribution in [2.45, 2.75) is 31.4 Å². The van der Waals surface area contributed by atoms with Crippen LogP contribution in [-0.4, -0.2) is 43.8 Å². The van der Waals surface area contributed by atoms with Crippen molar-refractivity contribution in [3.8, 4) is 5.75 Å². The van der Waals surface area contributed by atoms with Gasteiger partial charge in [-0.1, -0.05) is 22.9 Å². The van der Waals surface area contributed by atoms with Crippen LogP contribution in [0.4, 0.5) is 21.2 Å². The number of quaternary nitrogens is 1. The predicted octanol–water partition coefficient (Wildman–Crippen LogP) is 2.72. The summed E-state index contributed by atoms with van der Waals surface area (Å²) in [4.78, 5) is 28.1. The van der Waals surface area contributed by atoms with Crippen molar-refractivity contribution in [3.63, 3.8) is 0 Å². The molecule has 3 aliphatic rings. The molecule has 0 radical (unpaired) electrons. The van der Waals surface area contributed by atoms with Gasteiger partial charge in [-0.2, -0.15) is 0 Å². The lowest BCUT2D eigenvalue weighted by molar-refractivity contribution is -0.777. The zero-order valence-electron chi connectivity index (χ0n) is 16.0. The summed E-state index contributed by atoms with van der Waals surface area (Å²) in [5.41, 5.74) is 1.37. The van der Waals surface area contributed by atoms with Gasteiger partial charge in [0.15, 0.2) is 11.1 Å². The van der Waals surface area contributed by atoms with Crippen LogP contribution in [0.25, 0.3) is 0 Å². The Morgan fingerprint density at radius 1 is 1.23 bits per heavy atom. The van der Waals surface area contributed by atoms with Gasteiger partial charge in [-0.05, 0) is 31.0 Å². The van der Waals surface area contributed by atoms with E-state index in [4.69, 9.17) is 21.1 Å². The number of carbonyl (C=O) groups excluding carboxylic acids is 2. The summed E-state index contributed by atoms with van der Waals surface area (Å²) in [6, 6.07) is 8.38. The number of nitrogens with one attached hydrogen (secondary N) is 1. The number of cyclic esters (lactones) is 1. The van der Waals surface area contributed by atoms with E-state index in [1.165, 1.54) is 11.3 Å². The Kier molecular flexibility index (Phi) is 5.06. The van der Waals surface area contributed by atoms with Crippen LogP contribution in [0.5, 0.6) is 5.75 Å². The fourth-order valence-corrected chi connectivity index (χ4v) is 5.18. The maximum Gasteiger partial charge on any atom is 0.415 e. The quantitative estimate of drug-likeness (QED) is 0.725. The van der Waals surface area contributed by atoms with Gasteiger partial charge in [-0.3, -0.25) is 9.69 Å². The van der Waals surface area contributed by atoms with Crippen molar-refractivity contribution < 1.29 is 24.1 Å². The molecule has 10 heteroatoms. The number of hydroxylamine groups is 1. The summed E-state index contributed by atoms with van der Waals surface area (Å²) < 4.78 is 12.0. The number of benzene rings is 1. The van der Waals surface area contributed by atoms with Crippen molar-refractivity contribution in [3.05, 3.63) is 39.9 Å². The monoisotopic (exact) mass is 449 g/mol. The van der Waals surface area contributed by atoms with E-state index in [9.17, 15) is 14.8 Å². The highest BCUT2D eigenvalue weighted by molar-refractivity contribution is 7.19. The average Bonchev–Trinajstić information content (AvgIpc) is 3.31. The fraction of sp³-hybridized carbons (Fsp3) is 0.400. The SMILES string of the molecule is O=C1CCCCN1c1ccc2c(c1)OC[C@H]1[C@H](C[NH+]([O-])c3ccc(Cl)s3)OC(=O)N21. The number of carbonyl (C=O) groups is 2. The van der Waals surface area contributed by atoms with Crippen molar-refractivity contribution in [2.24, 2.45) is 0 Å². The van der Waals surface area contributed by atoms with Crippen LogP contribution in [0.3, 0.4) is 0 Å². The second-order valence-electron chi connectivity index (χ2n) is 7.56. The molecule has 2 saturated heterocycles. The van der Waals surface area contributed by atoms with Crippen molar-refractivity contribution in [1.29, 1.82) is 0 Å². The van der Waals surface area contributed by atoms with Crippen LogP contribution < -0.4 is 19.6 Å². The number of ether oxygens (including phenoxy) is 2. The Morgan fingerprint density at radius 2 is 2.10 bits per heavy atom. The molecule has 30 heavy (non-hydrogen) atoms. The maximum atomic E-state index is 12.6. The number of thiophene rings is 1. The second-order valence-corrected chi connectivity index (χ2v) is 9.27. The summed E-state index contributed by atoms with van der Waals surface area (Å²) in [5.74, 6) is 0.638. The molecule has 0 bridgehead atoms. The summed E-state index contributed by atoms with van der Waals surface area (Å²) in [5, 5.41) is 13.0. The van der Waals surface area contributed by atoms with Gasteiger partial charge in [-0.25, -0.2) is 4.79 Å². The Hall–Kier alpha value is -2.33. The molecular formula is C20H20ClN3O5S. The fourth-order valence-electron chi connectivity index (χ4n) is 4.19. The first-order valence-electron chi connectivity index (χ1n) is 9.87. The molecule has 2 aromatic rings. The minimum atomic E-state index is -0.595. The number of nitrogens with zero attached hydrogens (tertiary/aromatic N) is 2. The Bertz CT molecular complexity index is 999. The van der Waals surface area contributed by atoms with Crippen LogP contribution in [0.1, 0.15) is 19.3 Å². The third kappa shape index (κ3) is 3.41. The molecule has 4 heterocycles. The van der Waals surface area contributed by atoms with Gasteiger partial charge in [-0.15, -0.1) is 0 Å². The lowest BCUT2D eigenvalue weighted by atomic mass is 10.1. The standard InChI is InChI=1S/C20H20ClN3O5S/c21-17-6-7-19(30-17)23(27)10-16-14-11-28-15-9-12(22-8-2-1-3-18(22)25)4-5-13(15)24(14)20(26)29-16/h4-7,9,14,16,23H,1-3,8,10-11H2/t14-,16-/m0/s1. The molecule has 0 spiro atoms. The molecule has 158 valence electrons. The van der Waals surface area contributed by atoms with E-state index in [-0.39, 0.29) is 30.2 Å². The number of piperidine rings is 1. The highest BCUT2D eigenvalue weighted by Gasteiger charge is 2.48. The number of halogens is 1. The molecule has 1 N–H and O–H groups in total. The largest absolute Gasteiger partial charge is 0.628 e. The van der Waals surface area contributed by atoms with E-state index in [0.717, 1.165) is 18.5 Å². The topological polar surface area (TPSA) is 86.6 Å². The first kappa shape index (κ1) is 19.6. The molecule has 5 rings (SSSR count). The zero-order valence-corrected chi connectivity index (χ0v) is 17.6. The van der Waals surface area contributed by atoms with E-state index >= 15 is 0 Å².